The number of fused-ring (bicyclic) bond motifs is 8. The van der Waals surface area contributed by atoms with Gasteiger partial charge in [-0.1, -0.05) is 133 Å². The van der Waals surface area contributed by atoms with E-state index in [1.807, 2.05) is 11.3 Å². The molecule has 0 radical (unpaired) electrons. The SMILES string of the molecule is c1ccc(-c2cc3c(s2)c(-c2c4ccccc4c(-c4ccc5ccccc5c4)c4ccccc24)cc2c4ccccc4oc32)cc1. The molecule has 0 aliphatic rings. The highest BCUT2D eigenvalue weighted by Gasteiger charge is 2.22. The monoisotopic (exact) mass is 602 g/mol. The lowest BCUT2D eigenvalue weighted by molar-refractivity contribution is 0.673. The molecule has 2 heterocycles. The van der Waals surface area contributed by atoms with Crippen molar-refractivity contribution in [2.24, 2.45) is 0 Å². The van der Waals surface area contributed by atoms with Gasteiger partial charge in [-0.2, -0.15) is 0 Å². The molecule has 0 saturated heterocycles. The third kappa shape index (κ3) is 3.74. The molecular weight excluding hydrogens is 577 g/mol. The van der Waals surface area contributed by atoms with E-state index in [0.29, 0.717) is 0 Å². The molecule has 0 spiro atoms. The lowest BCUT2D eigenvalue weighted by Gasteiger charge is -2.18. The zero-order chi connectivity index (χ0) is 30.2. The van der Waals surface area contributed by atoms with E-state index in [0.717, 1.165) is 21.9 Å². The lowest BCUT2D eigenvalue weighted by atomic mass is 9.85. The van der Waals surface area contributed by atoms with Crippen molar-refractivity contribution >= 4 is 75.7 Å². The van der Waals surface area contributed by atoms with Gasteiger partial charge in [0, 0.05) is 31.3 Å². The van der Waals surface area contributed by atoms with Crippen LogP contribution in [0.5, 0.6) is 0 Å². The fourth-order valence-electron chi connectivity index (χ4n) is 7.38. The topological polar surface area (TPSA) is 13.1 Å². The van der Waals surface area contributed by atoms with Gasteiger partial charge in [0.15, 0.2) is 0 Å². The summed E-state index contributed by atoms with van der Waals surface area (Å²) in [6.07, 6.45) is 0. The molecule has 0 bridgehead atoms. The molecule has 46 heavy (non-hydrogen) atoms. The molecule has 0 atom stereocenters. The van der Waals surface area contributed by atoms with E-state index in [1.165, 1.54) is 75.1 Å². The van der Waals surface area contributed by atoms with Crippen LogP contribution in [-0.4, -0.2) is 0 Å². The van der Waals surface area contributed by atoms with Gasteiger partial charge in [-0.15, -0.1) is 11.3 Å². The standard InChI is InChI=1S/C44H26OS/c1-2-13-28(14-3-1)40-26-38-43-36(31-16-10-11-21-39(31)45-43)25-37(44(38)46-40)42-34-19-8-6-17-32(34)41(33-18-7-9-20-35(33)42)30-23-22-27-12-4-5-15-29(27)24-30/h1-26H. The summed E-state index contributed by atoms with van der Waals surface area (Å²) < 4.78 is 7.85. The minimum atomic E-state index is 0.921. The van der Waals surface area contributed by atoms with Gasteiger partial charge in [0.25, 0.3) is 0 Å². The zero-order valence-electron chi connectivity index (χ0n) is 24.8. The van der Waals surface area contributed by atoms with E-state index in [2.05, 4.69) is 158 Å². The van der Waals surface area contributed by atoms with Crippen molar-refractivity contribution in [1.82, 2.24) is 0 Å². The first-order valence-corrected chi connectivity index (χ1v) is 16.5. The third-order valence-corrected chi connectivity index (χ3v) is 10.7. The van der Waals surface area contributed by atoms with Gasteiger partial charge in [0.2, 0.25) is 0 Å². The Labute approximate surface area is 269 Å². The maximum Gasteiger partial charge on any atom is 0.144 e. The first-order chi connectivity index (χ1) is 22.8. The Morgan fingerprint density at radius 3 is 1.74 bits per heavy atom. The van der Waals surface area contributed by atoms with Gasteiger partial charge in [0.1, 0.15) is 11.2 Å². The fraction of sp³-hybridized carbons (Fsp3) is 0. The first-order valence-electron chi connectivity index (χ1n) is 15.7. The van der Waals surface area contributed by atoms with Crippen molar-refractivity contribution in [1.29, 1.82) is 0 Å². The fourth-order valence-corrected chi connectivity index (χ4v) is 8.57. The molecule has 2 aromatic heterocycles. The highest BCUT2D eigenvalue weighted by molar-refractivity contribution is 7.23. The summed E-state index contributed by atoms with van der Waals surface area (Å²) in [5, 5.41) is 11.0. The molecule has 214 valence electrons. The molecule has 1 nitrogen and oxygen atoms in total. The number of benzene rings is 8. The van der Waals surface area contributed by atoms with E-state index in [-0.39, 0.29) is 0 Å². The number of thiophene rings is 1. The summed E-state index contributed by atoms with van der Waals surface area (Å²) in [6, 6.07) is 57.2. The molecule has 10 aromatic rings. The largest absolute Gasteiger partial charge is 0.455 e. The van der Waals surface area contributed by atoms with Crippen LogP contribution < -0.4 is 0 Å². The van der Waals surface area contributed by atoms with Crippen LogP contribution in [0.15, 0.2) is 162 Å². The van der Waals surface area contributed by atoms with Gasteiger partial charge in [-0.25, -0.2) is 0 Å². The average molecular weight is 603 g/mol. The van der Waals surface area contributed by atoms with Crippen molar-refractivity contribution in [3.63, 3.8) is 0 Å². The summed E-state index contributed by atoms with van der Waals surface area (Å²) in [5.41, 5.74) is 8.14. The number of furan rings is 1. The lowest BCUT2D eigenvalue weighted by Crippen LogP contribution is -1.91. The third-order valence-electron chi connectivity index (χ3n) is 9.44. The molecule has 0 aliphatic carbocycles. The van der Waals surface area contributed by atoms with Crippen LogP contribution in [0, 0.1) is 0 Å². The van der Waals surface area contributed by atoms with E-state index in [1.54, 1.807) is 0 Å². The van der Waals surface area contributed by atoms with Crippen LogP contribution in [0.4, 0.5) is 0 Å². The van der Waals surface area contributed by atoms with Gasteiger partial charge >= 0.3 is 0 Å². The van der Waals surface area contributed by atoms with Crippen LogP contribution in [0.1, 0.15) is 0 Å². The van der Waals surface area contributed by atoms with E-state index in [4.69, 9.17) is 4.42 Å². The Hall–Kier alpha value is -5.70. The number of hydrogen-bond donors (Lipinski definition) is 0. The molecule has 0 saturated carbocycles. The quantitative estimate of drug-likeness (QED) is 0.183. The van der Waals surface area contributed by atoms with Gasteiger partial charge in [-0.05, 0) is 78.8 Å². The maximum absolute atomic E-state index is 6.60. The van der Waals surface area contributed by atoms with Crippen LogP contribution >= 0.6 is 11.3 Å². The van der Waals surface area contributed by atoms with Crippen molar-refractivity contribution in [3.8, 4) is 32.7 Å². The molecule has 0 aliphatic heterocycles. The predicted molar refractivity (Wildman–Crippen MR) is 198 cm³/mol. The summed E-state index contributed by atoms with van der Waals surface area (Å²) in [5.74, 6) is 0. The van der Waals surface area contributed by atoms with Gasteiger partial charge in [0.05, 0.1) is 0 Å². The number of rotatable bonds is 3. The van der Waals surface area contributed by atoms with Gasteiger partial charge in [-0.3, -0.25) is 0 Å². The smallest absolute Gasteiger partial charge is 0.144 e. The van der Waals surface area contributed by atoms with Crippen molar-refractivity contribution in [2.45, 2.75) is 0 Å². The van der Waals surface area contributed by atoms with E-state index < -0.39 is 0 Å². The highest BCUT2D eigenvalue weighted by atomic mass is 32.1. The van der Waals surface area contributed by atoms with Crippen LogP contribution in [0.2, 0.25) is 0 Å². The second kappa shape index (κ2) is 9.90. The van der Waals surface area contributed by atoms with Crippen LogP contribution in [0.3, 0.4) is 0 Å². The van der Waals surface area contributed by atoms with Crippen LogP contribution in [-0.2, 0) is 0 Å². The Balaban J connectivity index is 1.37. The second-order valence-corrected chi connectivity index (χ2v) is 13.1. The summed E-state index contributed by atoms with van der Waals surface area (Å²) in [4.78, 5) is 1.24. The Bertz CT molecular complexity index is 2740. The maximum atomic E-state index is 6.60. The summed E-state index contributed by atoms with van der Waals surface area (Å²) >= 11 is 1.86. The highest BCUT2D eigenvalue weighted by Crippen LogP contribution is 2.50. The molecule has 2 heteroatoms. The minimum Gasteiger partial charge on any atom is -0.455 e. The molecule has 0 unspecified atom stereocenters. The van der Waals surface area contributed by atoms with Crippen molar-refractivity contribution in [2.75, 3.05) is 0 Å². The first kappa shape index (κ1) is 25.6. The van der Waals surface area contributed by atoms with Crippen LogP contribution in [0.25, 0.3) is 97.0 Å². The van der Waals surface area contributed by atoms with E-state index in [9.17, 15) is 0 Å². The molecule has 8 aromatic carbocycles. The Morgan fingerprint density at radius 1 is 0.391 bits per heavy atom. The Kier molecular flexibility index (Phi) is 5.51. The minimum absolute atomic E-state index is 0.921. The molecular formula is C44H26OS. The molecule has 10 rings (SSSR count). The van der Waals surface area contributed by atoms with Gasteiger partial charge < -0.3 is 4.42 Å². The molecule has 0 amide bonds. The second-order valence-electron chi connectivity index (χ2n) is 12.0. The normalized spacial score (nSPS) is 11.9. The number of hydrogen-bond acceptors (Lipinski definition) is 2. The molecule has 0 fully saturated rings. The summed E-state index contributed by atoms with van der Waals surface area (Å²) in [7, 11) is 0. The zero-order valence-corrected chi connectivity index (χ0v) is 25.6. The summed E-state index contributed by atoms with van der Waals surface area (Å²) in [6.45, 7) is 0. The average Bonchev–Trinajstić information content (AvgIpc) is 3.73. The molecule has 0 N–H and O–H groups in total. The Morgan fingerprint density at radius 2 is 1.00 bits per heavy atom. The van der Waals surface area contributed by atoms with Crippen molar-refractivity contribution < 1.29 is 4.42 Å². The predicted octanol–water partition coefficient (Wildman–Crippen LogP) is 13.3. The number of para-hydroxylation sites is 1. The van der Waals surface area contributed by atoms with E-state index >= 15 is 0 Å². The van der Waals surface area contributed by atoms with Crippen molar-refractivity contribution in [3.05, 3.63) is 158 Å².